The topological polar surface area (TPSA) is 30.2 Å². The van der Waals surface area contributed by atoms with Crippen LogP contribution in [-0.4, -0.2) is 5.78 Å². The fourth-order valence-electron chi connectivity index (χ4n) is 2.72. The van der Waals surface area contributed by atoms with E-state index in [0.717, 1.165) is 28.9 Å². The maximum absolute atomic E-state index is 12.3. The number of Topliss-reactive ketones (excluding diaryl/α,β-unsaturated/α-hetero) is 1. The Labute approximate surface area is 117 Å². The van der Waals surface area contributed by atoms with Crippen molar-refractivity contribution in [3.8, 4) is 11.1 Å². The van der Waals surface area contributed by atoms with E-state index in [2.05, 4.69) is 13.8 Å². The zero-order chi connectivity index (χ0) is 13.6. The molecule has 1 aliphatic carbocycles. The van der Waals surface area contributed by atoms with E-state index < -0.39 is 0 Å². The number of furan rings is 1. The smallest absolute Gasteiger partial charge is 0.167 e. The molecule has 1 aromatic heterocycles. The van der Waals surface area contributed by atoms with Crippen LogP contribution in [0.15, 0.2) is 34.9 Å². The molecule has 0 N–H and O–H groups in total. The Kier molecular flexibility index (Phi) is 2.79. The number of hydrogen-bond donors (Lipinski definition) is 0. The third-order valence-corrected chi connectivity index (χ3v) is 3.79. The Bertz CT molecular complexity index is 653. The predicted molar refractivity (Wildman–Crippen MR) is 75.6 cm³/mol. The highest BCUT2D eigenvalue weighted by Crippen LogP contribution is 2.40. The number of rotatable bonds is 1. The van der Waals surface area contributed by atoms with Gasteiger partial charge in [0.1, 0.15) is 5.76 Å². The third-order valence-electron chi connectivity index (χ3n) is 3.56. The molecule has 0 unspecified atom stereocenters. The van der Waals surface area contributed by atoms with Crippen molar-refractivity contribution in [1.29, 1.82) is 0 Å². The molecule has 98 valence electrons. The van der Waals surface area contributed by atoms with Crippen molar-refractivity contribution >= 4 is 17.4 Å². The van der Waals surface area contributed by atoms with Gasteiger partial charge in [0.25, 0.3) is 0 Å². The van der Waals surface area contributed by atoms with Crippen molar-refractivity contribution in [3.05, 3.63) is 46.9 Å². The van der Waals surface area contributed by atoms with Gasteiger partial charge in [-0.3, -0.25) is 4.79 Å². The zero-order valence-electron chi connectivity index (χ0n) is 11.0. The Morgan fingerprint density at radius 1 is 1.26 bits per heavy atom. The van der Waals surface area contributed by atoms with Crippen molar-refractivity contribution in [2.75, 3.05) is 0 Å². The van der Waals surface area contributed by atoms with Crippen molar-refractivity contribution in [3.63, 3.8) is 0 Å². The summed E-state index contributed by atoms with van der Waals surface area (Å²) in [5.74, 6) is 0.964. The number of fused-ring (bicyclic) bond motifs is 1. The number of halogens is 1. The number of carbonyl (C=O) groups excluding carboxylic acids is 1. The Morgan fingerprint density at radius 2 is 2.05 bits per heavy atom. The van der Waals surface area contributed by atoms with Crippen LogP contribution in [0.2, 0.25) is 5.02 Å². The first-order chi connectivity index (χ1) is 8.96. The van der Waals surface area contributed by atoms with Gasteiger partial charge in [0, 0.05) is 23.4 Å². The summed E-state index contributed by atoms with van der Waals surface area (Å²) >= 11 is 6.01. The molecule has 0 fully saturated rings. The average Bonchev–Trinajstić information content (AvgIpc) is 2.71. The molecule has 1 aliphatic rings. The van der Waals surface area contributed by atoms with E-state index in [9.17, 15) is 4.79 Å². The van der Waals surface area contributed by atoms with Gasteiger partial charge in [-0.05, 0) is 23.1 Å². The first kappa shape index (κ1) is 12.5. The quantitative estimate of drug-likeness (QED) is 0.751. The highest BCUT2D eigenvalue weighted by atomic mass is 35.5. The largest absolute Gasteiger partial charge is 0.468 e. The van der Waals surface area contributed by atoms with Crippen LogP contribution < -0.4 is 0 Å². The summed E-state index contributed by atoms with van der Waals surface area (Å²) in [6.07, 6.45) is 3.04. The first-order valence-electron chi connectivity index (χ1n) is 6.36. The van der Waals surface area contributed by atoms with Crippen molar-refractivity contribution < 1.29 is 9.21 Å². The minimum Gasteiger partial charge on any atom is -0.468 e. The molecule has 0 atom stereocenters. The molecule has 0 aliphatic heterocycles. The van der Waals surface area contributed by atoms with Gasteiger partial charge in [-0.1, -0.05) is 37.6 Å². The number of carbonyl (C=O) groups is 1. The minimum atomic E-state index is -0.0203. The van der Waals surface area contributed by atoms with Gasteiger partial charge in [-0.15, -0.1) is 0 Å². The van der Waals surface area contributed by atoms with Crippen LogP contribution in [0.3, 0.4) is 0 Å². The molecule has 1 heterocycles. The summed E-state index contributed by atoms with van der Waals surface area (Å²) in [6.45, 7) is 4.19. The van der Waals surface area contributed by atoms with Crippen molar-refractivity contribution in [1.82, 2.24) is 0 Å². The Hall–Kier alpha value is -1.54. The van der Waals surface area contributed by atoms with Crippen LogP contribution in [0.4, 0.5) is 0 Å². The van der Waals surface area contributed by atoms with Gasteiger partial charge >= 0.3 is 0 Å². The lowest BCUT2D eigenvalue weighted by Gasteiger charge is -2.27. The van der Waals surface area contributed by atoms with E-state index in [-0.39, 0.29) is 11.2 Å². The van der Waals surface area contributed by atoms with Crippen LogP contribution in [0.25, 0.3) is 11.1 Å². The molecule has 0 bridgehead atoms. The predicted octanol–water partition coefficient (Wildman–Crippen LogP) is 4.76. The third kappa shape index (κ3) is 2.21. The van der Waals surface area contributed by atoms with E-state index in [1.807, 2.05) is 24.3 Å². The second kappa shape index (κ2) is 4.24. The monoisotopic (exact) mass is 274 g/mol. The van der Waals surface area contributed by atoms with Gasteiger partial charge in [-0.2, -0.15) is 0 Å². The second-order valence-corrected chi connectivity index (χ2v) is 6.34. The molecule has 1 aromatic carbocycles. The number of ketones is 1. The summed E-state index contributed by atoms with van der Waals surface area (Å²) in [5, 5.41) is 0.663. The fourth-order valence-corrected chi connectivity index (χ4v) is 2.91. The first-order valence-corrected chi connectivity index (χ1v) is 6.74. The lowest BCUT2D eigenvalue weighted by molar-refractivity contribution is 0.0904. The lowest BCUT2D eigenvalue weighted by atomic mass is 9.75. The molecular weight excluding hydrogens is 260 g/mol. The maximum atomic E-state index is 12.3. The van der Waals surface area contributed by atoms with E-state index in [1.165, 1.54) is 0 Å². The number of hydrogen-bond acceptors (Lipinski definition) is 2. The maximum Gasteiger partial charge on any atom is 0.167 e. The molecule has 2 nitrogen and oxygen atoms in total. The van der Waals surface area contributed by atoms with Crippen LogP contribution in [0.1, 0.15) is 36.4 Å². The molecule has 0 saturated carbocycles. The normalized spacial score (nSPS) is 17.3. The van der Waals surface area contributed by atoms with Crippen LogP contribution >= 0.6 is 11.6 Å². The summed E-state index contributed by atoms with van der Waals surface area (Å²) in [7, 11) is 0. The van der Waals surface area contributed by atoms with Gasteiger partial charge in [0.15, 0.2) is 5.78 Å². The highest BCUT2D eigenvalue weighted by molar-refractivity contribution is 6.30. The van der Waals surface area contributed by atoms with Gasteiger partial charge in [0.05, 0.1) is 11.8 Å². The minimum absolute atomic E-state index is 0.0203. The van der Waals surface area contributed by atoms with Crippen LogP contribution in [0, 0.1) is 5.41 Å². The van der Waals surface area contributed by atoms with E-state index in [1.54, 1.807) is 6.26 Å². The molecule has 0 amide bonds. The molecule has 3 rings (SSSR count). The fraction of sp³-hybridized carbons (Fsp3) is 0.312. The standard InChI is InChI=1S/C16H15ClO2/c1-16(2)7-13(18)15-12(9-19-14(15)8-16)10-4-3-5-11(17)6-10/h3-6,9H,7-8H2,1-2H3. The Morgan fingerprint density at radius 3 is 2.79 bits per heavy atom. The van der Waals surface area contributed by atoms with Crippen LogP contribution in [0.5, 0.6) is 0 Å². The summed E-state index contributed by atoms with van der Waals surface area (Å²) in [5.41, 5.74) is 2.51. The van der Waals surface area contributed by atoms with Crippen molar-refractivity contribution in [2.24, 2.45) is 5.41 Å². The van der Waals surface area contributed by atoms with Gasteiger partial charge < -0.3 is 4.42 Å². The lowest BCUT2D eigenvalue weighted by Crippen LogP contribution is -2.26. The molecule has 0 radical (unpaired) electrons. The summed E-state index contributed by atoms with van der Waals surface area (Å²) < 4.78 is 5.62. The molecule has 0 saturated heterocycles. The number of benzene rings is 1. The van der Waals surface area contributed by atoms with E-state index in [0.29, 0.717) is 11.4 Å². The summed E-state index contributed by atoms with van der Waals surface area (Å²) in [6, 6.07) is 7.51. The van der Waals surface area contributed by atoms with E-state index in [4.69, 9.17) is 16.0 Å². The molecule has 0 spiro atoms. The Balaban J connectivity index is 2.12. The molecular formula is C16H15ClO2. The van der Waals surface area contributed by atoms with Crippen LogP contribution in [-0.2, 0) is 6.42 Å². The summed E-state index contributed by atoms with van der Waals surface area (Å²) in [4.78, 5) is 12.3. The van der Waals surface area contributed by atoms with E-state index >= 15 is 0 Å². The molecule has 3 heteroatoms. The van der Waals surface area contributed by atoms with Crippen molar-refractivity contribution in [2.45, 2.75) is 26.7 Å². The van der Waals surface area contributed by atoms with Gasteiger partial charge in [0.2, 0.25) is 0 Å². The zero-order valence-corrected chi connectivity index (χ0v) is 11.8. The molecule has 2 aromatic rings. The average molecular weight is 275 g/mol. The van der Waals surface area contributed by atoms with Gasteiger partial charge in [-0.25, -0.2) is 0 Å². The molecule has 19 heavy (non-hydrogen) atoms. The SMILES string of the molecule is CC1(C)CC(=O)c2c(-c3cccc(Cl)c3)coc2C1. The second-order valence-electron chi connectivity index (χ2n) is 5.90. The highest BCUT2D eigenvalue weighted by Gasteiger charge is 2.35.